The number of unbranched alkanes of at least 4 members (excludes halogenated alkanes) is 25. The molecule has 0 bridgehead atoms. The fraction of sp³-hybridized carbons (Fsp3) is 0.877. The Morgan fingerprint density at radius 2 is 1.16 bits per heavy atom. The van der Waals surface area contributed by atoms with Crippen molar-refractivity contribution in [1.29, 1.82) is 0 Å². The van der Waals surface area contributed by atoms with Gasteiger partial charge in [0.05, 0.1) is 44.1 Å². The van der Waals surface area contributed by atoms with Gasteiger partial charge in [-0.15, -0.1) is 0 Å². The molecule has 2 saturated heterocycles. The molecule has 2 aliphatic heterocycles. The van der Waals surface area contributed by atoms with E-state index in [0.29, 0.717) is 12.8 Å². The molecule has 0 aromatic rings. The molecule has 2 rings (SSSR count). The van der Waals surface area contributed by atoms with Gasteiger partial charge in [0.15, 0.2) is 6.29 Å². The lowest BCUT2D eigenvalue weighted by Gasteiger charge is -2.47. The van der Waals surface area contributed by atoms with Gasteiger partial charge in [-0.25, -0.2) is 4.79 Å². The summed E-state index contributed by atoms with van der Waals surface area (Å²) >= 11 is 0. The minimum Gasteiger partial charge on any atom is -0.477 e. The maximum absolute atomic E-state index is 13.4. The Kier molecular flexibility index (Phi) is 38.6. The van der Waals surface area contributed by atoms with Crippen LogP contribution in [0.2, 0.25) is 0 Å². The number of amides is 2. The lowest BCUT2D eigenvalue weighted by atomic mass is 9.88. The number of aliphatic hydroxyl groups is 10. The number of carbonyl (C=O) groups is 3. The normalized spacial score (nSPS) is 25.9. The van der Waals surface area contributed by atoms with Gasteiger partial charge in [0.25, 0.3) is 5.79 Å². The van der Waals surface area contributed by atoms with E-state index in [4.69, 9.17) is 18.9 Å². The van der Waals surface area contributed by atoms with E-state index < -0.39 is 136 Å². The number of carboxylic acids is 1. The zero-order chi connectivity index (χ0) is 56.9. The van der Waals surface area contributed by atoms with E-state index in [0.717, 1.165) is 57.8 Å². The Hall–Kier alpha value is -2.67. The quantitative estimate of drug-likeness (QED) is 0.0292. The molecule has 14 atom stereocenters. The number of carbonyl (C=O) groups excluding carboxylic acids is 2. The average molecular weight is 1110 g/mol. The van der Waals surface area contributed by atoms with Crippen molar-refractivity contribution < 1.29 is 89.5 Å². The maximum Gasteiger partial charge on any atom is 0.364 e. The van der Waals surface area contributed by atoms with Crippen LogP contribution in [0.4, 0.5) is 0 Å². The van der Waals surface area contributed by atoms with E-state index in [2.05, 4.69) is 36.6 Å². The van der Waals surface area contributed by atoms with Crippen LogP contribution in [-0.4, -0.2) is 186 Å². The largest absolute Gasteiger partial charge is 0.477 e. The van der Waals surface area contributed by atoms with E-state index in [1.54, 1.807) is 6.08 Å². The van der Waals surface area contributed by atoms with Crippen LogP contribution in [0.15, 0.2) is 24.3 Å². The number of nitrogens with one attached hydrogen (secondary N) is 2. The molecule has 0 aromatic heterocycles. The summed E-state index contributed by atoms with van der Waals surface area (Å²) in [4.78, 5) is 38.2. The summed E-state index contributed by atoms with van der Waals surface area (Å²) in [5.41, 5.74) is 0. The second kappa shape index (κ2) is 42.2. The molecule has 77 heavy (non-hydrogen) atoms. The van der Waals surface area contributed by atoms with Crippen molar-refractivity contribution in [2.45, 2.75) is 292 Å². The van der Waals surface area contributed by atoms with E-state index in [9.17, 15) is 70.6 Å². The number of ether oxygens (including phenoxy) is 4. The Bertz CT molecular complexity index is 1590. The van der Waals surface area contributed by atoms with Gasteiger partial charge in [-0.05, 0) is 44.9 Å². The monoisotopic (exact) mass is 1100 g/mol. The molecule has 0 saturated carbocycles. The summed E-state index contributed by atoms with van der Waals surface area (Å²) in [5, 5.41) is 121. The van der Waals surface area contributed by atoms with Gasteiger partial charge >= 0.3 is 5.97 Å². The SMILES string of the molecule is CCCCCCCC/C=C/CCCCCCCCCCCC[C@@H](O)C(=O)N[C@@H](CO[C@@H]1O[C@H](CO[C@]2(C(=O)O)C[C@H](O)[C@@H](NC(=O)CO)[C@H]([C@H](O)[C@H](O)CO)O2)[C@@H](O)[C@H](O)[C@H]1O)[C@H](O)/C=C/CCCCCCCCCCC. The number of hydrogen-bond acceptors (Lipinski definition) is 17. The highest BCUT2D eigenvalue weighted by Gasteiger charge is 2.57. The average Bonchev–Trinajstić information content (AvgIpc) is 3.42. The Morgan fingerprint density at radius 1 is 0.662 bits per heavy atom. The van der Waals surface area contributed by atoms with E-state index in [1.165, 1.54) is 115 Å². The van der Waals surface area contributed by atoms with Crippen LogP contribution < -0.4 is 10.6 Å². The molecule has 0 spiro atoms. The van der Waals surface area contributed by atoms with E-state index >= 15 is 0 Å². The zero-order valence-electron chi connectivity index (χ0n) is 46.6. The number of hydrogen-bond donors (Lipinski definition) is 13. The van der Waals surface area contributed by atoms with Crippen molar-refractivity contribution in [1.82, 2.24) is 10.6 Å². The maximum atomic E-state index is 13.4. The molecule has 20 heteroatoms. The third-order valence-corrected chi connectivity index (χ3v) is 14.7. The van der Waals surface area contributed by atoms with Crippen molar-refractivity contribution >= 4 is 17.8 Å². The molecular formula is C57H104N2O18. The molecule has 2 amide bonds. The number of rotatable bonds is 46. The molecular weight excluding hydrogens is 1000 g/mol. The fourth-order valence-corrected chi connectivity index (χ4v) is 9.75. The molecule has 0 unspecified atom stereocenters. The second-order valence-corrected chi connectivity index (χ2v) is 21.4. The number of carboxylic acid groups (broad SMARTS) is 1. The summed E-state index contributed by atoms with van der Waals surface area (Å²) in [6, 6.07) is -2.83. The van der Waals surface area contributed by atoms with Crippen molar-refractivity contribution in [3.63, 3.8) is 0 Å². The van der Waals surface area contributed by atoms with Gasteiger partial charge in [0, 0.05) is 6.42 Å². The highest BCUT2D eigenvalue weighted by Crippen LogP contribution is 2.35. The van der Waals surface area contributed by atoms with Crippen LogP contribution in [0, 0.1) is 0 Å². The highest BCUT2D eigenvalue weighted by molar-refractivity contribution is 5.81. The first-order valence-electron chi connectivity index (χ1n) is 29.5. The first-order valence-corrected chi connectivity index (χ1v) is 29.5. The fourth-order valence-electron chi connectivity index (χ4n) is 9.75. The van der Waals surface area contributed by atoms with Gasteiger partial charge in [0.2, 0.25) is 11.8 Å². The lowest BCUT2D eigenvalue weighted by Crippen LogP contribution is -2.68. The van der Waals surface area contributed by atoms with Crippen molar-refractivity contribution in [3.05, 3.63) is 24.3 Å². The van der Waals surface area contributed by atoms with Gasteiger partial charge in [-0.3, -0.25) is 9.59 Å². The van der Waals surface area contributed by atoms with Gasteiger partial charge < -0.3 is 85.8 Å². The smallest absolute Gasteiger partial charge is 0.364 e. The highest BCUT2D eigenvalue weighted by atomic mass is 16.7. The summed E-state index contributed by atoms with van der Waals surface area (Å²) < 4.78 is 22.8. The standard InChI is InChI=1S/C57H104N2O18/c1-3-5-7-9-11-13-15-16-17-18-19-20-21-22-23-25-27-29-31-33-35-43(63)54(71)58-41(42(62)34-32-30-28-26-24-14-12-10-8-6-4-2)39-74-55-52(70)51(69)50(68)46(76-55)40-75-57(56(72)73)36-44(64)48(59-47(66)38-61)53(77-57)49(67)45(65)37-60/h16-17,32,34,41-46,48-53,55,60-65,67-70H,3-15,18-31,33,35-40H2,1-2H3,(H,58,71)(H,59,66)(H,72,73)/b17-16+,34-32+/t41-,42+,43+,44-,45+,46+,48+,49+,50+,51-,52+,53+,55+,57+/m0/s1. The molecule has 13 N–H and O–H groups in total. The minimum absolute atomic E-state index is 0.186. The van der Waals surface area contributed by atoms with Crippen LogP contribution in [-0.2, 0) is 33.3 Å². The Balaban J connectivity index is 2.00. The summed E-state index contributed by atoms with van der Waals surface area (Å²) in [6.45, 7) is 0.849. The van der Waals surface area contributed by atoms with Gasteiger partial charge in [0.1, 0.15) is 55.4 Å². The lowest BCUT2D eigenvalue weighted by molar-refractivity contribution is -0.339. The first-order chi connectivity index (χ1) is 37.1. The molecule has 0 radical (unpaired) electrons. The minimum atomic E-state index is -2.87. The van der Waals surface area contributed by atoms with E-state index in [-0.39, 0.29) is 6.42 Å². The third kappa shape index (κ3) is 28.1. The molecule has 0 aromatic carbocycles. The van der Waals surface area contributed by atoms with Gasteiger partial charge in [-0.2, -0.15) is 0 Å². The zero-order valence-corrected chi connectivity index (χ0v) is 46.6. The van der Waals surface area contributed by atoms with Gasteiger partial charge in [-0.1, -0.05) is 179 Å². The van der Waals surface area contributed by atoms with Crippen LogP contribution in [0.3, 0.4) is 0 Å². The van der Waals surface area contributed by atoms with Crippen LogP contribution in [0.1, 0.15) is 206 Å². The summed E-state index contributed by atoms with van der Waals surface area (Å²) in [6.07, 6.45) is 19.3. The molecule has 2 aliphatic rings. The number of aliphatic hydroxyl groups excluding tert-OH is 10. The molecule has 2 heterocycles. The number of aliphatic carboxylic acids is 1. The predicted molar refractivity (Wildman–Crippen MR) is 290 cm³/mol. The van der Waals surface area contributed by atoms with Crippen molar-refractivity contribution in [3.8, 4) is 0 Å². The molecule has 2 fully saturated rings. The Morgan fingerprint density at radius 3 is 1.65 bits per heavy atom. The van der Waals surface area contributed by atoms with Crippen molar-refractivity contribution in [2.75, 3.05) is 26.4 Å². The summed E-state index contributed by atoms with van der Waals surface area (Å²) in [5.74, 6) is -6.55. The summed E-state index contributed by atoms with van der Waals surface area (Å²) in [7, 11) is 0. The second-order valence-electron chi connectivity index (χ2n) is 21.4. The molecule has 20 nitrogen and oxygen atoms in total. The molecule has 450 valence electrons. The van der Waals surface area contributed by atoms with Crippen LogP contribution >= 0.6 is 0 Å². The first kappa shape index (κ1) is 70.4. The third-order valence-electron chi connectivity index (χ3n) is 14.7. The van der Waals surface area contributed by atoms with Crippen LogP contribution in [0.25, 0.3) is 0 Å². The van der Waals surface area contributed by atoms with Crippen LogP contribution in [0.5, 0.6) is 0 Å². The topological polar surface area (TPSA) is 335 Å². The molecule has 0 aliphatic carbocycles. The number of allylic oxidation sites excluding steroid dienone is 3. The van der Waals surface area contributed by atoms with E-state index in [1.807, 2.05) is 0 Å². The predicted octanol–water partition coefficient (Wildman–Crippen LogP) is 4.62. The Labute approximate surface area is 459 Å². The van der Waals surface area contributed by atoms with Crippen molar-refractivity contribution in [2.24, 2.45) is 0 Å².